The quantitative estimate of drug-likeness (QED) is 0.586. The van der Waals surface area contributed by atoms with Crippen LogP contribution in [-0.4, -0.2) is 32.9 Å². The molecule has 2 aromatic heterocycles. The lowest BCUT2D eigenvalue weighted by atomic mass is 9.95. The predicted molar refractivity (Wildman–Crippen MR) is 108 cm³/mol. The van der Waals surface area contributed by atoms with E-state index in [9.17, 15) is 4.79 Å². The Bertz CT molecular complexity index is 1150. The second-order valence-corrected chi connectivity index (χ2v) is 7.47. The molecule has 0 spiro atoms. The number of piperidine rings is 1. The molecule has 4 aromatic rings. The fourth-order valence-corrected chi connectivity index (χ4v) is 4.07. The minimum absolute atomic E-state index is 0.0573. The first-order chi connectivity index (χ1) is 13.7. The lowest BCUT2D eigenvalue weighted by molar-refractivity contribution is 0.150. The van der Waals surface area contributed by atoms with E-state index in [4.69, 9.17) is 4.42 Å². The van der Waals surface area contributed by atoms with Crippen molar-refractivity contribution in [1.29, 1.82) is 0 Å². The van der Waals surface area contributed by atoms with Gasteiger partial charge in [-0.05, 0) is 57.1 Å². The van der Waals surface area contributed by atoms with Crippen LogP contribution in [0.3, 0.4) is 0 Å². The summed E-state index contributed by atoms with van der Waals surface area (Å²) in [4.78, 5) is 27.1. The van der Waals surface area contributed by atoms with Crippen LogP contribution < -0.4 is 5.56 Å². The molecule has 28 heavy (non-hydrogen) atoms. The van der Waals surface area contributed by atoms with Crippen LogP contribution in [0.2, 0.25) is 0 Å². The highest BCUT2D eigenvalue weighted by Gasteiger charge is 2.28. The number of nitrogens with one attached hydrogen (secondary N) is 1. The number of para-hydroxylation sites is 3. The van der Waals surface area contributed by atoms with Gasteiger partial charge in [0.1, 0.15) is 11.3 Å². The molecule has 1 saturated heterocycles. The molecule has 1 aliphatic rings. The molecule has 1 unspecified atom stereocenters. The molecule has 3 heterocycles. The predicted octanol–water partition coefficient (Wildman–Crippen LogP) is 4.00. The SMILES string of the molecule is CC(c1nc2ccccc2c(=O)[nH]1)N1CCC(c2nc3ccccc3o2)CC1. The molecule has 0 bridgehead atoms. The zero-order valence-corrected chi connectivity index (χ0v) is 15.8. The molecule has 0 saturated carbocycles. The number of benzene rings is 2. The number of aromatic nitrogens is 3. The molecular weight excluding hydrogens is 352 g/mol. The lowest BCUT2D eigenvalue weighted by Crippen LogP contribution is -2.36. The van der Waals surface area contributed by atoms with Crippen LogP contribution in [-0.2, 0) is 0 Å². The van der Waals surface area contributed by atoms with Gasteiger partial charge in [-0.3, -0.25) is 9.69 Å². The van der Waals surface area contributed by atoms with Crippen molar-refractivity contribution in [1.82, 2.24) is 19.9 Å². The summed E-state index contributed by atoms with van der Waals surface area (Å²) in [6.07, 6.45) is 1.96. The maximum atomic E-state index is 12.4. The van der Waals surface area contributed by atoms with Crippen LogP contribution in [0.5, 0.6) is 0 Å². The highest BCUT2D eigenvalue weighted by atomic mass is 16.3. The fourth-order valence-electron chi connectivity index (χ4n) is 4.07. The minimum Gasteiger partial charge on any atom is -0.440 e. The van der Waals surface area contributed by atoms with Crippen molar-refractivity contribution in [2.75, 3.05) is 13.1 Å². The Morgan fingerprint density at radius 1 is 1.04 bits per heavy atom. The second kappa shape index (κ2) is 6.87. The maximum absolute atomic E-state index is 12.4. The number of nitrogens with zero attached hydrogens (tertiary/aromatic N) is 3. The second-order valence-electron chi connectivity index (χ2n) is 7.47. The van der Waals surface area contributed by atoms with Crippen LogP contribution in [0.4, 0.5) is 0 Å². The first-order valence-corrected chi connectivity index (χ1v) is 9.77. The highest BCUT2D eigenvalue weighted by Crippen LogP contribution is 2.32. The average molecular weight is 374 g/mol. The summed E-state index contributed by atoms with van der Waals surface area (Å²) < 4.78 is 5.96. The van der Waals surface area contributed by atoms with Gasteiger partial charge in [-0.25, -0.2) is 9.97 Å². The van der Waals surface area contributed by atoms with E-state index < -0.39 is 0 Å². The van der Waals surface area contributed by atoms with E-state index in [0.29, 0.717) is 11.3 Å². The lowest BCUT2D eigenvalue weighted by Gasteiger charge is -2.34. The number of likely N-dealkylation sites (tertiary alicyclic amines) is 1. The summed E-state index contributed by atoms with van der Waals surface area (Å²) in [7, 11) is 0. The van der Waals surface area contributed by atoms with Crippen molar-refractivity contribution >= 4 is 22.0 Å². The van der Waals surface area contributed by atoms with Crippen molar-refractivity contribution in [2.45, 2.75) is 31.7 Å². The summed E-state index contributed by atoms with van der Waals surface area (Å²) in [6, 6.07) is 15.4. The van der Waals surface area contributed by atoms with Gasteiger partial charge in [0.15, 0.2) is 11.5 Å². The van der Waals surface area contributed by atoms with Gasteiger partial charge in [0.25, 0.3) is 5.56 Å². The minimum atomic E-state index is -0.0752. The Kier molecular flexibility index (Phi) is 4.20. The van der Waals surface area contributed by atoms with Gasteiger partial charge in [0.2, 0.25) is 0 Å². The van der Waals surface area contributed by atoms with Gasteiger partial charge in [0, 0.05) is 5.92 Å². The summed E-state index contributed by atoms with van der Waals surface area (Å²) in [6.45, 7) is 3.94. The van der Waals surface area contributed by atoms with E-state index in [2.05, 4.69) is 26.8 Å². The van der Waals surface area contributed by atoms with Crippen LogP contribution >= 0.6 is 0 Å². The molecule has 0 aliphatic carbocycles. The number of oxazole rings is 1. The van der Waals surface area contributed by atoms with Crippen molar-refractivity contribution in [3.63, 3.8) is 0 Å². The Morgan fingerprint density at radius 3 is 2.54 bits per heavy atom. The summed E-state index contributed by atoms with van der Waals surface area (Å²) >= 11 is 0. The zero-order valence-electron chi connectivity index (χ0n) is 15.8. The molecule has 0 amide bonds. The molecule has 6 nitrogen and oxygen atoms in total. The summed E-state index contributed by atoms with van der Waals surface area (Å²) in [5.74, 6) is 1.90. The number of rotatable bonds is 3. The summed E-state index contributed by atoms with van der Waals surface area (Å²) in [5.41, 5.74) is 2.45. The third-order valence-electron chi connectivity index (χ3n) is 5.76. The van der Waals surface area contributed by atoms with E-state index in [1.807, 2.05) is 42.5 Å². The van der Waals surface area contributed by atoms with Crippen LogP contribution in [0, 0.1) is 0 Å². The third-order valence-corrected chi connectivity index (χ3v) is 5.76. The topological polar surface area (TPSA) is 75.0 Å². The van der Waals surface area contributed by atoms with Crippen LogP contribution in [0.15, 0.2) is 57.7 Å². The first-order valence-electron chi connectivity index (χ1n) is 9.77. The van der Waals surface area contributed by atoms with Gasteiger partial charge < -0.3 is 9.40 Å². The molecule has 142 valence electrons. The van der Waals surface area contributed by atoms with E-state index in [1.54, 1.807) is 6.07 Å². The highest BCUT2D eigenvalue weighted by molar-refractivity contribution is 5.77. The van der Waals surface area contributed by atoms with E-state index in [0.717, 1.165) is 54.3 Å². The van der Waals surface area contributed by atoms with Gasteiger partial charge in [-0.2, -0.15) is 0 Å². The van der Waals surface area contributed by atoms with E-state index >= 15 is 0 Å². The van der Waals surface area contributed by atoms with Crippen molar-refractivity contribution in [2.24, 2.45) is 0 Å². The van der Waals surface area contributed by atoms with Crippen molar-refractivity contribution in [3.8, 4) is 0 Å². The Labute approximate surface area is 162 Å². The summed E-state index contributed by atoms with van der Waals surface area (Å²) in [5, 5.41) is 0.633. The number of hydrogen-bond acceptors (Lipinski definition) is 5. The fraction of sp³-hybridized carbons (Fsp3) is 0.318. The first kappa shape index (κ1) is 17.1. The van der Waals surface area contributed by atoms with Gasteiger partial charge in [-0.15, -0.1) is 0 Å². The molecule has 1 aliphatic heterocycles. The molecule has 0 radical (unpaired) electrons. The number of H-pyrrole nitrogens is 1. The smallest absolute Gasteiger partial charge is 0.258 e. The Balaban J connectivity index is 1.33. The van der Waals surface area contributed by atoms with Crippen molar-refractivity contribution in [3.05, 3.63) is 70.6 Å². The van der Waals surface area contributed by atoms with E-state index in [1.165, 1.54) is 0 Å². The number of hydrogen-bond donors (Lipinski definition) is 1. The molecule has 2 aromatic carbocycles. The molecule has 1 fully saturated rings. The van der Waals surface area contributed by atoms with Crippen LogP contribution in [0.1, 0.15) is 43.4 Å². The molecule has 5 rings (SSSR count). The van der Waals surface area contributed by atoms with E-state index in [-0.39, 0.29) is 11.6 Å². The number of fused-ring (bicyclic) bond motifs is 2. The average Bonchev–Trinajstić information content (AvgIpc) is 3.18. The Hall–Kier alpha value is -2.99. The van der Waals surface area contributed by atoms with Crippen LogP contribution in [0.25, 0.3) is 22.0 Å². The van der Waals surface area contributed by atoms with Gasteiger partial charge in [0.05, 0.1) is 16.9 Å². The third kappa shape index (κ3) is 2.99. The molecular formula is C22H22N4O2. The van der Waals surface area contributed by atoms with Crippen molar-refractivity contribution < 1.29 is 4.42 Å². The maximum Gasteiger partial charge on any atom is 0.258 e. The monoisotopic (exact) mass is 374 g/mol. The molecule has 6 heteroatoms. The zero-order chi connectivity index (χ0) is 19.1. The molecule has 1 atom stereocenters. The normalized spacial score (nSPS) is 17.3. The largest absolute Gasteiger partial charge is 0.440 e. The number of aromatic amines is 1. The molecule has 1 N–H and O–H groups in total. The van der Waals surface area contributed by atoms with Gasteiger partial charge in [-0.1, -0.05) is 24.3 Å². The standard InChI is InChI=1S/C22H22N4O2/c1-14(20-23-17-7-3-2-6-16(17)21(27)25-20)26-12-10-15(11-13-26)22-24-18-8-4-5-9-19(18)28-22/h2-9,14-15H,10-13H2,1H3,(H,23,25,27). The Morgan fingerprint density at radius 2 is 1.75 bits per heavy atom. The van der Waals surface area contributed by atoms with Gasteiger partial charge >= 0.3 is 0 Å².